The maximum absolute atomic E-state index is 12.5. The predicted molar refractivity (Wildman–Crippen MR) is 86.2 cm³/mol. The Labute approximate surface area is 129 Å². The highest BCUT2D eigenvalue weighted by Gasteiger charge is 2.21. The first-order chi connectivity index (χ1) is 9.79. The van der Waals surface area contributed by atoms with Gasteiger partial charge in [-0.05, 0) is 35.2 Å². The molecule has 0 saturated carbocycles. The summed E-state index contributed by atoms with van der Waals surface area (Å²) in [6, 6.07) is 12.1. The van der Waals surface area contributed by atoms with Crippen LogP contribution in [-0.2, 0) is 5.41 Å². The zero-order chi connectivity index (χ0) is 15.6. The number of anilines is 1. The molecule has 3 nitrogen and oxygen atoms in total. The molecule has 0 unspecified atom stereocenters. The minimum Gasteiger partial charge on any atom is -0.506 e. The first-order valence-corrected chi connectivity index (χ1v) is 7.06. The molecule has 2 N–H and O–H groups in total. The number of phenolic OH excluding ortho intramolecular Hbond substituents is 1. The Morgan fingerprint density at radius 3 is 2.43 bits per heavy atom. The van der Waals surface area contributed by atoms with Crippen molar-refractivity contribution in [1.29, 1.82) is 0 Å². The third-order valence-electron chi connectivity index (χ3n) is 3.19. The van der Waals surface area contributed by atoms with Gasteiger partial charge in [0.2, 0.25) is 0 Å². The van der Waals surface area contributed by atoms with Crippen molar-refractivity contribution >= 4 is 23.2 Å². The Hall–Kier alpha value is -2.00. The molecule has 2 rings (SSSR count). The average molecular weight is 304 g/mol. The molecule has 110 valence electrons. The van der Waals surface area contributed by atoms with Gasteiger partial charge < -0.3 is 10.4 Å². The Morgan fingerprint density at radius 1 is 1.14 bits per heavy atom. The molecule has 1 amide bonds. The lowest BCUT2D eigenvalue weighted by Gasteiger charge is -2.22. The second kappa shape index (κ2) is 5.78. The van der Waals surface area contributed by atoms with E-state index in [0.717, 1.165) is 5.56 Å². The molecule has 0 heterocycles. The highest BCUT2D eigenvalue weighted by molar-refractivity contribution is 6.32. The maximum Gasteiger partial charge on any atom is 0.255 e. The molecule has 0 spiro atoms. The van der Waals surface area contributed by atoms with Crippen LogP contribution in [0.5, 0.6) is 5.75 Å². The quantitative estimate of drug-likeness (QED) is 0.797. The molecule has 0 fully saturated rings. The van der Waals surface area contributed by atoms with E-state index in [1.54, 1.807) is 12.1 Å². The second-order valence-corrected chi connectivity index (χ2v) is 6.32. The van der Waals surface area contributed by atoms with Gasteiger partial charge in [0.25, 0.3) is 5.91 Å². The molecule has 21 heavy (non-hydrogen) atoms. The summed E-state index contributed by atoms with van der Waals surface area (Å²) in [6.07, 6.45) is 0. The van der Waals surface area contributed by atoms with E-state index in [4.69, 9.17) is 11.6 Å². The van der Waals surface area contributed by atoms with Crippen LogP contribution in [0.25, 0.3) is 0 Å². The Balaban J connectivity index is 2.31. The van der Waals surface area contributed by atoms with Gasteiger partial charge in [-0.3, -0.25) is 4.79 Å². The zero-order valence-electron chi connectivity index (χ0n) is 12.3. The van der Waals surface area contributed by atoms with E-state index in [9.17, 15) is 9.90 Å². The lowest BCUT2D eigenvalue weighted by Crippen LogP contribution is -2.20. The molecule has 2 aromatic carbocycles. The number of benzene rings is 2. The van der Waals surface area contributed by atoms with Crippen LogP contribution < -0.4 is 5.32 Å². The number of carbonyl (C=O) groups excluding carboxylic acids is 1. The predicted octanol–water partition coefficient (Wildman–Crippen LogP) is 4.60. The number of rotatable bonds is 2. The van der Waals surface area contributed by atoms with Gasteiger partial charge in [0, 0.05) is 11.3 Å². The van der Waals surface area contributed by atoms with E-state index < -0.39 is 0 Å². The van der Waals surface area contributed by atoms with E-state index in [1.165, 1.54) is 12.1 Å². The molecule has 2 aromatic rings. The number of aromatic hydroxyl groups is 1. The fraction of sp³-hybridized carbons (Fsp3) is 0.235. The monoisotopic (exact) mass is 303 g/mol. The van der Waals surface area contributed by atoms with E-state index >= 15 is 0 Å². The molecule has 0 aliphatic rings. The molecular formula is C17H18ClNO2. The van der Waals surface area contributed by atoms with Crippen LogP contribution in [0, 0.1) is 0 Å². The molecular weight excluding hydrogens is 286 g/mol. The van der Waals surface area contributed by atoms with Crippen molar-refractivity contribution in [3.05, 3.63) is 58.6 Å². The molecule has 0 atom stereocenters. The third-order valence-corrected chi connectivity index (χ3v) is 3.49. The summed E-state index contributed by atoms with van der Waals surface area (Å²) >= 11 is 5.85. The molecule has 0 saturated heterocycles. The van der Waals surface area contributed by atoms with Crippen molar-refractivity contribution < 1.29 is 9.90 Å². The van der Waals surface area contributed by atoms with Crippen molar-refractivity contribution in [2.45, 2.75) is 26.2 Å². The number of halogens is 1. The second-order valence-electron chi connectivity index (χ2n) is 5.92. The standard InChI is InChI=1S/C17H18ClNO2/c1-17(2,3)13-7-5-4-6-12(13)16(21)19-11-8-9-15(20)14(18)10-11/h4-10,20H,1-3H3,(H,19,21). The van der Waals surface area contributed by atoms with E-state index in [2.05, 4.69) is 26.1 Å². The summed E-state index contributed by atoms with van der Waals surface area (Å²) in [5.74, 6) is -0.202. The minimum absolute atomic E-state index is 0.00948. The first-order valence-electron chi connectivity index (χ1n) is 6.68. The van der Waals surface area contributed by atoms with Crippen LogP contribution in [0.15, 0.2) is 42.5 Å². The van der Waals surface area contributed by atoms with Crippen LogP contribution in [0.1, 0.15) is 36.7 Å². The van der Waals surface area contributed by atoms with Crippen molar-refractivity contribution in [1.82, 2.24) is 0 Å². The number of nitrogens with one attached hydrogen (secondary N) is 1. The number of carbonyl (C=O) groups is 1. The number of phenols is 1. The molecule has 0 radical (unpaired) electrons. The zero-order valence-corrected chi connectivity index (χ0v) is 13.0. The number of hydrogen-bond donors (Lipinski definition) is 2. The van der Waals surface area contributed by atoms with Gasteiger partial charge in [0.15, 0.2) is 0 Å². The Bertz CT molecular complexity index is 675. The molecule has 0 aliphatic carbocycles. The topological polar surface area (TPSA) is 49.3 Å². The van der Waals surface area contributed by atoms with Crippen molar-refractivity contribution in [2.75, 3.05) is 5.32 Å². The fourth-order valence-corrected chi connectivity index (χ4v) is 2.30. The maximum atomic E-state index is 12.5. The lowest BCUT2D eigenvalue weighted by atomic mass is 9.83. The fourth-order valence-electron chi connectivity index (χ4n) is 2.12. The largest absolute Gasteiger partial charge is 0.506 e. The summed E-state index contributed by atoms with van der Waals surface area (Å²) in [4.78, 5) is 12.5. The van der Waals surface area contributed by atoms with Crippen LogP contribution in [0.4, 0.5) is 5.69 Å². The van der Waals surface area contributed by atoms with Gasteiger partial charge in [-0.1, -0.05) is 50.6 Å². The minimum atomic E-state index is -0.192. The summed E-state index contributed by atoms with van der Waals surface area (Å²) in [6.45, 7) is 6.20. The normalized spacial score (nSPS) is 11.2. The molecule has 0 bridgehead atoms. The van der Waals surface area contributed by atoms with Gasteiger partial charge >= 0.3 is 0 Å². The van der Waals surface area contributed by atoms with Crippen molar-refractivity contribution in [3.63, 3.8) is 0 Å². The Kier molecular flexibility index (Phi) is 4.24. The summed E-state index contributed by atoms with van der Waals surface area (Å²) < 4.78 is 0. The summed E-state index contributed by atoms with van der Waals surface area (Å²) in [5, 5.41) is 12.4. The van der Waals surface area contributed by atoms with Crippen LogP contribution in [-0.4, -0.2) is 11.0 Å². The van der Waals surface area contributed by atoms with Gasteiger partial charge in [0.05, 0.1) is 5.02 Å². The molecule has 4 heteroatoms. The average Bonchev–Trinajstić information content (AvgIpc) is 2.42. The van der Waals surface area contributed by atoms with E-state index in [0.29, 0.717) is 11.3 Å². The number of hydrogen-bond acceptors (Lipinski definition) is 2. The highest BCUT2D eigenvalue weighted by Crippen LogP contribution is 2.28. The highest BCUT2D eigenvalue weighted by atomic mass is 35.5. The molecule has 0 aromatic heterocycles. The lowest BCUT2D eigenvalue weighted by molar-refractivity contribution is 0.102. The molecule has 0 aliphatic heterocycles. The van der Waals surface area contributed by atoms with Crippen LogP contribution >= 0.6 is 11.6 Å². The van der Waals surface area contributed by atoms with Crippen molar-refractivity contribution in [3.8, 4) is 5.75 Å². The summed E-state index contributed by atoms with van der Waals surface area (Å²) in [7, 11) is 0. The summed E-state index contributed by atoms with van der Waals surface area (Å²) in [5.41, 5.74) is 2.04. The van der Waals surface area contributed by atoms with E-state index in [1.807, 2.05) is 18.2 Å². The van der Waals surface area contributed by atoms with Crippen molar-refractivity contribution in [2.24, 2.45) is 0 Å². The van der Waals surface area contributed by atoms with Gasteiger partial charge in [-0.15, -0.1) is 0 Å². The SMILES string of the molecule is CC(C)(C)c1ccccc1C(=O)Nc1ccc(O)c(Cl)c1. The van der Waals surface area contributed by atoms with Crippen LogP contribution in [0.3, 0.4) is 0 Å². The third kappa shape index (κ3) is 3.56. The van der Waals surface area contributed by atoms with E-state index in [-0.39, 0.29) is 22.1 Å². The van der Waals surface area contributed by atoms with Gasteiger partial charge in [0.1, 0.15) is 5.75 Å². The number of amides is 1. The van der Waals surface area contributed by atoms with Gasteiger partial charge in [-0.25, -0.2) is 0 Å². The van der Waals surface area contributed by atoms with Gasteiger partial charge in [-0.2, -0.15) is 0 Å². The van der Waals surface area contributed by atoms with Crippen LogP contribution in [0.2, 0.25) is 5.02 Å². The Morgan fingerprint density at radius 2 is 1.81 bits per heavy atom. The smallest absolute Gasteiger partial charge is 0.255 e. The first kappa shape index (κ1) is 15.4.